The Kier molecular flexibility index (Phi) is 7.71. The lowest BCUT2D eigenvalue weighted by molar-refractivity contribution is 0.221. The molecule has 1 aliphatic heterocycles. The molecular weight excluding hydrogens is 336 g/mol. The quantitative estimate of drug-likeness (QED) is 0.563. The number of likely N-dealkylation sites (tertiary alicyclic amines) is 1. The fourth-order valence-electron chi connectivity index (χ4n) is 2.90. The second-order valence-electron chi connectivity index (χ2n) is 6.64. The normalized spacial score (nSPS) is 16.6. The first-order valence-electron chi connectivity index (χ1n) is 8.89. The van der Waals surface area contributed by atoms with Gasteiger partial charge in [-0.3, -0.25) is 9.89 Å². The van der Waals surface area contributed by atoms with Crippen molar-refractivity contribution in [1.82, 2.24) is 15.5 Å². The van der Waals surface area contributed by atoms with Crippen LogP contribution >= 0.6 is 0 Å². The number of nitrogens with one attached hydrogen (secondary N) is 2. The Bertz CT molecular complexity index is 650. The van der Waals surface area contributed by atoms with Gasteiger partial charge in [-0.05, 0) is 37.1 Å². The number of benzene rings is 1. The van der Waals surface area contributed by atoms with E-state index in [1.54, 1.807) is 7.05 Å². The molecule has 1 saturated heterocycles. The average Bonchev–Trinajstić information content (AvgIpc) is 2.59. The molecular formula is C18H30N4O2S. The monoisotopic (exact) mass is 366 g/mol. The highest BCUT2D eigenvalue weighted by Gasteiger charge is 2.10. The molecule has 140 valence electrons. The van der Waals surface area contributed by atoms with Gasteiger partial charge in [-0.1, -0.05) is 30.7 Å². The van der Waals surface area contributed by atoms with Crippen LogP contribution in [0.5, 0.6) is 0 Å². The number of nitrogens with zero attached hydrogens (tertiary/aromatic N) is 2. The van der Waals surface area contributed by atoms with E-state index in [2.05, 4.69) is 44.8 Å². The van der Waals surface area contributed by atoms with Gasteiger partial charge in [0, 0.05) is 32.9 Å². The van der Waals surface area contributed by atoms with Crippen LogP contribution < -0.4 is 10.6 Å². The van der Waals surface area contributed by atoms with Gasteiger partial charge in [0.05, 0.1) is 5.75 Å². The largest absolute Gasteiger partial charge is 0.355 e. The van der Waals surface area contributed by atoms with Crippen LogP contribution in [0.4, 0.5) is 0 Å². The van der Waals surface area contributed by atoms with Crippen LogP contribution in [0.15, 0.2) is 29.3 Å². The fourth-order valence-corrected chi connectivity index (χ4v) is 3.37. The van der Waals surface area contributed by atoms with Gasteiger partial charge < -0.3 is 10.6 Å². The highest BCUT2D eigenvalue weighted by Crippen LogP contribution is 2.13. The topological polar surface area (TPSA) is 73.8 Å². The zero-order valence-electron chi connectivity index (χ0n) is 15.3. The second-order valence-corrected chi connectivity index (χ2v) is 8.90. The highest BCUT2D eigenvalue weighted by atomic mass is 32.2. The third-order valence-corrected chi connectivity index (χ3v) is 5.27. The molecule has 0 unspecified atom stereocenters. The lowest BCUT2D eigenvalue weighted by Gasteiger charge is -2.26. The van der Waals surface area contributed by atoms with E-state index in [-0.39, 0.29) is 5.75 Å². The van der Waals surface area contributed by atoms with E-state index in [1.165, 1.54) is 49.7 Å². The predicted molar refractivity (Wildman–Crippen MR) is 103 cm³/mol. The van der Waals surface area contributed by atoms with Gasteiger partial charge in [0.15, 0.2) is 5.96 Å². The number of hydrogen-bond acceptors (Lipinski definition) is 4. The van der Waals surface area contributed by atoms with Gasteiger partial charge in [0.2, 0.25) is 0 Å². The molecule has 2 rings (SSSR count). The van der Waals surface area contributed by atoms with E-state index < -0.39 is 9.84 Å². The molecule has 0 aliphatic carbocycles. The van der Waals surface area contributed by atoms with Crippen molar-refractivity contribution in [3.8, 4) is 0 Å². The molecule has 1 aromatic carbocycles. The molecule has 0 radical (unpaired) electrons. The SMILES string of the molecule is CN=C(NCCS(C)(=O)=O)NCc1ccc(CN2CCCCC2)cc1. The molecule has 0 bridgehead atoms. The van der Waals surface area contributed by atoms with E-state index in [0.717, 1.165) is 6.54 Å². The summed E-state index contributed by atoms with van der Waals surface area (Å²) in [5.74, 6) is 0.708. The molecule has 1 heterocycles. The van der Waals surface area contributed by atoms with Gasteiger partial charge in [0.25, 0.3) is 0 Å². The van der Waals surface area contributed by atoms with Crippen molar-refractivity contribution in [2.45, 2.75) is 32.4 Å². The molecule has 1 fully saturated rings. The van der Waals surface area contributed by atoms with Crippen molar-refractivity contribution >= 4 is 15.8 Å². The zero-order valence-corrected chi connectivity index (χ0v) is 16.1. The summed E-state index contributed by atoms with van der Waals surface area (Å²) >= 11 is 0. The number of sulfone groups is 1. The summed E-state index contributed by atoms with van der Waals surface area (Å²) in [6.45, 7) is 4.45. The van der Waals surface area contributed by atoms with Crippen molar-refractivity contribution in [3.63, 3.8) is 0 Å². The minimum Gasteiger partial charge on any atom is -0.355 e. The maximum Gasteiger partial charge on any atom is 0.191 e. The molecule has 1 aromatic rings. The molecule has 0 spiro atoms. The van der Waals surface area contributed by atoms with Crippen LogP contribution in [0.2, 0.25) is 0 Å². The summed E-state index contributed by atoms with van der Waals surface area (Å²) in [4.78, 5) is 6.63. The first-order chi connectivity index (χ1) is 12.0. The van der Waals surface area contributed by atoms with Crippen LogP contribution in [0, 0.1) is 0 Å². The number of hydrogen-bond donors (Lipinski definition) is 2. The molecule has 0 amide bonds. The van der Waals surface area contributed by atoms with Gasteiger partial charge in [-0.25, -0.2) is 8.42 Å². The van der Waals surface area contributed by atoms with Crippen LogP contribution in [0.3, 0.4) is 0 Å². The standard InChI is InChI=1S/C18H30N4O2S/c1-19-18(20-10-13-25(2,23)24)21-14-16-6-8-17(9-7-16)15-22-11-4-3-5-12-22/h6-9H,3-5,10-15H2,1-2H3,(H2,19,20,21). The second kappa shape index (κ2) is 9.77. The first-order valence-corrected chi connectivity index (χ1v) is 10.9. The van der Waals surface area contributed by atoms with Gasteiger partial charge in [-0.15, -0.1) is 0 Å². The number of guanidine groups is 1. The number of aliphatic imine (C=N–C) groups is 1. The molecule has 0 aromatic heterocycles. The summed E-state index contributed by atoms with van der Waals surface area (Å²) in [6.07, 6.45) is 5.22. The van der Waals surface area contributed by atoms with Crippen LogP contribution in [0.25, 0.3) is 0 Å². The Morgan fingerprint density at radius 2 is 1.72 bits per heavy atom. The fraction of sp³-hybridized carbons (Fsp3) is 0.611. The van der Waals surface area contributed by atoms with Gasteiger partial charge >= 0.3 is 0 Å². The maximum atomic E-state index is 11.2. The van der Waals surface area contributed by atoms with Crippen molar-refractivity contribution < 1.29 is 8.42 Å². The summed E-state index contributed by atoms with van der Waals surface area (Å²) in [5.41, 5.74) is 2.52. The Morgan fingerprint density at radius 1 is 1.08 bits per heavy atom. The summed E-state index contributed by atoms with van der Waals surface area (Å²) < 4.78 is 22.3. The molecule has 0 atom stereocenters. The van der Waals surface area contributed by atoms with Crippen LogP contribution in [0.1, 0.15) is 30.4 Å². The highest BCUT2D eigenvalue weighted by molar-refractivity contribution is 7.90. The molecule has 7 heteroatoms. The molecule has 1 aliphatic rings. The summed E-state index contributed by atoms with van der Waals surface area (Å²) in [5, 5.41) is 6.22. The van der Waals surface area contributed by atoms with E-state index in [9.17, 15) is 8.42 Å². The Labute approximate surface area is 151 Å². The third kappa shape index (κ3) is 7.88. The van der Waals surface area contributed by atoms with E-state index in [4.69, 9.17) is 0 Å². The molecule has 25 heavy (non-hydrogen) atoms. The average molecular weight is 367 g/mol. The zero-order chi connectivity index (χ0) is 18.1. The van der Waals surface area contributed by atoms with Gasteiger partial charge in [0.1, 0.15) is 9.84 Å². The van der Waals surface area contributed by atoms with Crippen molar-refractivity contribution in [3.05, 3.63) is 35.4 Å². The number of piperidine rings is 1. The van der Waals surface area contributed by atoms with Crippen molar-refractivity contribution in [1.29, 1.82) is 0 Å². The van der Waals surface area contributed by atoms with Crippen molar-refractivity contribution in [2.75, 3.05) is 38.7 Å². The van der Waals surface area contributed by atoms with E-state index in [1.807, 2.05) is 0 Å². The number of rotatable bonds is 7. The van der Waals surface area contributed by atoms with E-state index in [0.29, 0.717) is 19.0 Å². The predicted octanol–water partition coefficient (Wildman–Crippen LogP) is 1.38. The Morgan fingerprint density at radius 3 is 2.32 bits per heavy atom. The maximum absolute atomic E-state index is 11.2. The molecule has 6 nitrogen and oxygen atoms in total. The minimum absolute atomic E-state index is 0.0961. The minimum atomic E-state index is -2.96. The Hall–Kier alpha value is -1.60. The smallest absolute Gasteiger partial charge is 0.191 e. The molecule has 0 saturated carbocycles. The summed E-state index contributed by atoms with van der Waals surface area (Å²) in [7, 11) is -1.28. The lowest BCUT2D eigenvalue weighted by Crippen LogP contribution is -2.39. The lowest BCUT2D eigenvalue weighted by atomic mass is 10.1. The van der Waals surface area contributed by atoms with Crippen LogP contribution in [-0.4, -0.2) is 58.0 Å². The van der Waals surface area contributed by atoms with E-state index >= 15 is 0 Å². The van der Waals surface area contributed by atoms with Crippen LogP contribution in [-0.2, 0) is 22.9 Å². The van der Waals surface area contributed by atoms with Gasteiger partial charge in [-0.2, -0.15) is 0 Å². The third-order valence-electron chi connectivity index (χ3n) is 4.33. The first kappa shape index (κ1) is 19.7. The Balaban J connectivity index is 1.75. The summed E-state index contributed by atoms with van der Waals surface area (Å²) in [6, 6.07) is 8.64. The van der Waals surface area contributed by atoms with Crippen molar-refractivity contribution in [2.24, 2.45) is 4.99 Å². The molecule has 2 N–H and O–H groups in total.